The van der Waals surface area contributed by atoms with Crippen molar-refractivity contribution in [1.82, 2.24) is 9.97 Å². The second kappa shape index (κ2) is 5.22. The molecule has 2 N–H and O–H groups in total. The zero-order valence-corrected chi connectivity index (χ0v) is 10.8. The summed E-state index contributed by atoms with van der Waals surface area (Å²) in [7, 11) is 0. The Hall–Kier alpha value is -2.17. The molecule has 0 aliphatic rings. The minimum atomic E-state index is -0.422. The van der Waals surface area contributed by atoms with Gasteiger partial charge in [-0.1, -0.05) is 26.0 Å². The lowest BCUT2D eigenvalue weighted by Gasteiger charge is -2.07. The number of hydrogen-bond acceptors (Lipinski definition) is 3. The van der Waals surface area contributed by atoms with Crippen LogP contribution >= 0.6 is 0 Å². The monoisotopic (exact) mass is 262 g/mol. The van der Waals surface area contributed by atoms with Crippen molar-refractivity contribution in [2.45, 2.75) is 20.3 Å². The molecule has 1 heterocycles. The van der Waals surface area contributed by atoms with Gasteiger partial charge >= 0.3 is 0 Å². The Morgan fingerprint density at radius 1 is 1.32 bits per heavy atom. The number of halogens is 1. The molecule has 0 atom stereocenters. The molecule has 1 aromatic carbocycles. The highest BCUT2D eigenvalue weighted by Crippen LogP contribution is 2.23. The number of aromatic hydroxyl groups is 1. The van der Waals surface area contributed by atoms with Gasteiger partial charge in [0.1, 0.15) is 17.2 Å². The van der Waals surface area contributed by atoms with Gasteiger partial charge in [-0.2, -0.15) is 4.98 Å². The van der Waals surface area contributed by atoms with Crippen LogP contribution < -0.4 is 5.56 Å². The van der Waals surface area contributed by atoms with Crippen LogP contribution in [0.5, 0.6) is 5.88 Å². The number of benzene rings is 1. The highest BCUT2D eigenvalue weighted by atomic mass is 19.1. The standard InChI is InChI=1S/C14H15FN2O2/c1-8(2)7-11-16-13(18)12(14(19)17-11)9-3-5-10(15)6-4-9/h3-6,8H,7H2,1-2H3,(H2,16,17,18,19). The van der Waals surface area contributed by atoms with Crippen LogP contribution in [0, 0.1) is 11.7 Å². The maximum Gasteiger partial charge on any atom is 0.262 e. The molecule has 0 aliphatic carbocycles. The molecule has 5 heteroatoms. The maximum absolute atomic E-state index is 12.8. The SMILES string of the molecule is CC(C)Cc1nc(O)c(-c2ccc(F)cc2)c(=O)[nH]1. The molecule has 0 amide bonds. The topological polar surface area (TPSA) is 66.0 Å². The van der Waals surface area contributed by atoms with Gasteiger partial charge in [0, 0.05) is 6.42 Å². The third kappa shape index (κ3) is 2.99. The normalized spacial score (nSPS) is 10.9. The summed E-state index contributed by atoms with van der Waals surface area (Å²) in [6.45, 7) is 3.98. The minimum absolute atomic E-state index is 0.0625. The maximum atomic E-state index is 12.8. The highest BCUT2D eigenvalue weighted by Gasteiger charge is 2.13. The molecule has 4 nitrogen and oxygen atoms in total. The van der Waals surface area contributed by atoms with Crippen LogP contribution in [-0.4, -0.2) is 15.1 Å². The summed E-state index contributed by atoms with van der Waals surface area (Å²) in [5, 5.41) is 9.88. The Balaban J connectivity index is 2.48. The van der Waals surface area contributed by atoms with Crippen molar-refractivity contribution >= 4 is 0 Å². The predicted molar refractivity (Wildman–Crippen MR) is 70.5 cm³/mol. The first-order valence-corrected chi connectivity index (χ1v) is 6.05. The van der Waals surface area contributed by atoms with Crippen molar-refractivity contribution in [1.29, 1.82) is 0 Å². The number of rotatable bonds is 3. The van der Waals surface area contributed by atoms with Crippen LogP contribution in [0.4, 0.5) is 4.39 Å². The van der Waals surface area contributed by atoms with Crippen molar-refractivity contribution in [2.24, 2.45) is 5.92 Å². The number of H-pyrrole nitrogens is 1. The van der Waals surface area contributed by atoms with Crippen LogP contribution in [0.15, 0.2) is 29.1 Å². The Morgan fingerprint density at radius 2 is 1.95 bits per heavy atom. The second-order valence-electron chi connectivity index (χ2n) is 4.82. The third-order valence-corrected chi connectivity index (χ3v) is 2.68. The number of hydrogen-bond donors (Lipinski definition) is 2. The Kier molecular flexibility index (Phi) is 3.64. The van der Waals surface area contributed by atoms with Gasteiger partial charge in [0.25, 0.3) is 5.56 Å². The molecule has 0 unspecified atom stereocenters. The molecule has 2 rings (SSSR count). The molecule has 0 bridgehead atoms. The first-order valence-electron chi connectivity index (χ1n) is 6.05. The van der Waals surface area contributed by atoms with E-state index in [0.717, 1.165) is 0 Å². The van der Waals surface area contributed by atoms with Gasteiger partial charge in [0.2, 0.25) is 5.88 Å². The van der Waals surface area contributed by atoms with Crippen LogP contribution in [0.2, 0.25) is 0 Å². The number of nitrogens with zero attached hydrogens (tertiary/aromatic N) is 1. The molecule has 100 valence electrons. The molecule has 2 aromatic rings. The fourth-order valence-corrected chi connectivity index (χ4v) is 1.87. The highest BCUT2D eigenvalue weighted by molar-refractivity contribution is 5.66. The number of aromatic amines is 1. The van der Waals surface area contributed by atoms with Crippen molar-refractivity contribution in [3.8, 4) is 17.0 Å². The molecule has 1 aromatic heterocycles. The van der Waals surface area contributed by atoms with E-state index in [1.807, 2.05) is 13.8 Å². The van der Waals surface area contributed by atoms with Crippen LogP contribution in [0.25, 0.3) is 11.1 Å². The lowest BCUT2D eigenvalue weighted by molar-refractivity contribution is 0.447. The fourth-order valence-electron chi connectivity index (χ4n) is 1.87. The minimum Gasteiger partial charge on any atom is -0.493 e. The van der Waals surface area contributed by atoms with E-state index in [0.29, 0.717) is 23.7 Å². The van der Waals surface area contributed by atoms with E-state index in [2.05, 4.69) is 9.97 Å². The fraction of sp³-hybridized carbons (Fsp3) is 0.286. The van der Waals surface area contributed by atoms with Crippen LogP contribution in [0.1, 0.15) is 19.7 Å². The van der Waals surface area contributed by atoms with Crippen molar-refractivity contribution in [3.63, 3.8) is 0 Å². The van der Waals surface area contributed by atoms with Gasteiger partial charge in [-0.15, -0.1) is 0 Å². The molecule has 0 aliphatic heterocycles. The van der Waals surface area contributed by atoms with E-state index in [1.54, 1.807) is 0 Å². The van der Waals surface area contributed by atoms with Gasteiger partial charge in [0.15, 0.2) is 0 Å². The summed E-state index contributed by atoms with van der Waals surface area (Å²) in [6, 6.07) is 5.33. The van der Waals surface area contributed by atoms with E-state index in [-0.39, 0.29) is 11.4 Å². The van der Waals surface area contributed by atoms with Crippen LogP contribution in [0.3, 0.4) is 0 Å². The van der Waals surface area contributed by atoms with Gasteiger partial charge in [0.05, 0.1) is 0 Å². The van der Waals surface area contributed by atoms with Gasteiger partial charge in [-0.25, -0.2) is 4.39 Å². The summed E-state index contributed by atoms with van der Waals surface area (Å²) in [6.07, 6.45) is 0.576. The molecule has 0 saturated carbocycles. The molecule has 0 spiro atoms. The molecule has 0 saturated heterocycles. The summed E-state index contributed by atoms with van der Waals surface area (Å²) in [5.74, 6) is 0.0395. The lowest BCUT2D eigenvalue weighted by atomic mass is 10.1. The third-order valence-electron chi connectivity index (χ3n) is 2.68. The number of nitrogens with one attached hydrogen (secondary N) is 1. The summed E-state index contributed by atoms with van der Waals surface area (Å²) in [5.41, 5.74) is 0.0750. The van der Waals surface area contributed by atoms with E-state index < -0.39 is 11.4 Å². The number of aromatic nitrogens is 2. The second-order valence-corrected chi connectivity index (χ2v) is 4.82. The zero-order valence-electron chi connectivity index (χ0n) is 10.8. The summed E-state index contributed by atoms with van der Waals surface area (Å²) >= 11 is 0. The van der Waals surface area contributed by atoms with Gasteiger partial charge < -0.3 is 10.1 Å². The quantitative estimate of drug-likeness (QED) is 0.893. The first-order chi connectivity index (χ1) is 8.97. The summed E-state index contributed by atoms with van der Waals surface area (Å²) < 4.78 is 12.8. The lowest BCUT2D eigenvalue weighted by Crippen LogP contribution is -2.15. The predicted octanol–water partition coefficient (Wildman–Crippen LogP) is 2.48. The van der Waals surface area contributed by atoms with Crippen molar-refractivity contribution in [2.75, 3.05) is 0 Å². The Labute approximate surface area is 110 Å². The average molecular weight is 262 g/mol. The molecular formula is C14H15FN2O2. The van der Waals surface area contributed by atoms with E-state index in [4.69, 9.17) is 0 Å². The van der Waals surface area contributed by atoms with Gasteiger partial charge in [-0.3, -0.25) is 4.79 Å². The smallest absolute Gasteiger partial charge is 0.262 e. The largest absolute Gasteiger partial charge is 0.493 e. The Bertz CT molecular complexity index is 633. The molecular weight excluding hydrogens is 247 g/mol. The zero-order chi connectivity index (χ0) is 14.0. The van der Waals surface area contributed by atoms with Gasteiger partial charge in [-0.05, 0) is 23.6 Å². The average Bonchev–Trinajstić information content (AvgIpc) is 2.29. The molecule has 0 radical (unpaired) electrons. The van der Waals surface area contributed by atoms with E-state index in [1.165, 1.54) is 24.3 Å². The van der Waals surface area contributed by atoms with Crippen molar-refractivity contribution < 1.29 is 9.50 Å². The Morgan fingerprint density at radius 3 is 2.47 bits per heavy atom. The van der Waals surface area contributed by atoms with Crippen LogP contribution in [-0.2, 0) is 6.42 Å². The van der Waals surface area contributed by atoms with Crippen molar-refractivity contribution in [3.05, 3.63) is 46.3 Å². The molecule has 19 heavy (non-hydrogen) atoms. The van der Waals surface area contributed by atoms with E-state index in [9.17, 15) is 14.3 Å². The van der Waals surface area contributed by atoms with E-state index >= 15 is 0 Å². The molecule has 0 fully saturated rings. The summed E-state index contributed by atoms with van der Waals surface area (Å²) in [4.78, 5) is 18.6. The first kappa shape index (κ1) is 13.3.